The number of halogens is 3. The Kier molecular flexibility index (Phi) is 3.96. The van der Waals surface area contributed by atoms with E-state index in [4.69, 9.17) is 4.52 Å². The Labute approximate surface area is 114 Å². The number of anilines is 1. The summed E-state index contributed by atoms with van der Waals surface area (Å²) >= 11 is 0. The summed E-state index contributed by atoms with van der Waals surface area (Å²) in [6, 6.07) is 5.49. The number of benzene rings is 1. The maximum atomic E-state index is 12.6. The van der Waals surface area contributed by atoms with Crippen LogP contribution < -0.4 is 5.32 Å². The van der Waals surface area contributed by atoms with Gasteiger partial charge in [-0.15, -0.1) is 0 Å². The molecule has 2 aromatic rings. The van der Waals surface area contributed by atoms with Gasteiger partial charge in [0, 0.05) is 12.5 Å². The second kappa shape index (κ2) is 5.52. The number of alkyl halides is 3. The molecule has 0 atom stereocenters. The van der Waals surface area contributed by atoms with Crippen molar-refractivity contribution in [2.75, 3.05) is 5.32 Å². The molecule has 4 nitrogen and oxygen atoms in total. The van der Waals surface area contributed by atoms with Crippen LogP contribution in [-0.4, -0.2) is 16.2 Å². The molecule has 0 aliphatic rings. The van der Waals surface area contributed by atoms with Crippen LogP contribution in [0.5, 0.6) is 0 Å². The molecule has 20 heavy (non-hydrogen) atoms. The Morgan fingerprint density at radius 1 is 1.30 bits per heavy atom. The fourth-order valence-corrected chi connectivity index (χ4v) is 1.67. The van der Waals surface area contributed by atoms with E-state index in [1.807, 2.05) is 13.8 Å². The van der Waals surface area contributed by atoms with Crippen molar-refractivity contribution in [3.05, 3.63) is 41.2 Å². The summed E-state index contributed by atoms with van der Waals surface area (Å²) in [6.07, 6.45) is -4.16. The highest BCUT2D eigenvalue weighted by atomic mass is 19.4. The molecule has 0 saturated heterocycles. The van der Waals surface area contributed by atoms with Crippen LogP contribution in [0.15, 0.2) is 28.8 Å². The minimum Gasteiger partial charge on any atom is -0.336 e. The lowest BCUT2D eigenvalue weighted by atomic mass is 10.1. The molecular weight excluding hydrogens is 271 g/mol. The van der Waals surface area contributed by atoms with Crippen molar-refractivity contribution in [3.8, 4) is 0 Å². The zero-order chi connectivity index (χ0) is 14.8. The normalized spacial score (nSPS) is 11.9. The van der Waals surface area contributed by atoms with E-state index in [1.165, 1.54) is 6.07 Å². The summed E-state index contributed by atoms with van der Waals surface area (Å²) < 4.78 is 42.7. The molecule has 0 saturated carbocycles. The average molecular weight is 285 g/mol. The number of hydrogen-bond donors (Lipinski definition) is 1. The van der Waals surface area contributed by atoms with E-state index in [0.29, 0.717) is 11.4 Å². The summed E-state index contributed by atoms with van der Waals surface area (Å²) in [4.78, 5) is 4.07. The Morgan fingerprint density at radius 3 is 2.70 bits per heavy atom. The van der Waals surface area contributed by atoms with Gasteiger partial charge in [0.05, 0.1) is 5.56 Å². The zero-order valence-corrected chi connectivity index (χ0v) is 11.0. The van der Waals surface area contributed by atoms with Gasteiger partial charge in [0.15, 0.2) is 5.82 Å². The fraction of sp³-hybridized carbons (Fsp3) is 0.385. The van der Waals surface area contributed by atoms with Crippen LogP contribution in [0, 0.1) is 0 Å². The molecule has 0 amide bonds. The predicted molar refractivity (Wildman–Crippen MR) is 67.3 cm³/mol. The van der Waals surface area contributed by atoms with E-state index in [-0.39, 0.29) is 18.5 Å². The first kappa shape index (κ1) is 14.4. The molecule has 0 radical (unpaired) electrons. The first-order valence-electron chi connectivity index (χ1n) is 6.10. The Morgan fingerprint density at radius 2 is 2.05 bits per heavy atom. The van der Waals surface area contributed by atoms with Gasteiger partial charge in [0.1, 0.15) is 0 Å². The van der Waals surface area contributed by atoms with Crippen molar-refractivity contribution >= 4 is 6.01 Å². The van der Waals surface area contributed by atoms with E-state index in [0.717, 1.165) is 12.1 Å². The second-order valence-corrected chi connectivity index (χ2v) is 4.69. The summed E-state index contributed by atoms with van der Waals surface area (Å²) in [5.74, 6) is 0.340. The van der Waals surface area contributed by atoms with Crippen LogP contribution >= 0.6 is 0 Å². The summed E-state index contributed by atoms with van der Waals surface area (Å²) in [5, 5.41) is 6.65. The van der Waals surface area contributed by atoms with Gasteiger partial charge < -0.3 is 9.84 Å². The van der Waals surface area contributed by atoms with E-state index < -0.39 is 11.7 Å². The first-order valence-corrected chi connectivity index (χ1v) is 6.10. The summed E-state index contributed by atoms with van der Waals surface area (Å²) in [7, 11) is 0. The number of nitrogens with one attached hydrogen (secondary N) is 1. The van der Waals surface area contributed by atoms with Crippen molar-refractivity contribution in [2.45, 2.75) is 32.5 Å². The smallest absolute Gasteiger partial charge is 0.336 e. The molecular formula is C13H14F3N3O. The molecule has 0 aliphatic heterocycles. The number of nitrogens with zero attached hydrogens (tertiary/aromatic N) is 2. The molecule has 0 fully saturated rings. The highest BCUT2D eigenvalue weighted by Crippen LogP contribution is 2.29. The molecule has 108 valence electrons. The topological polar surface area (TPSA) is 51.0 Å². The highest BCUT2D eigenvalue weighted by molar-refractivity contribution is 5.28. The van der Waals surface area contributed by atoms with Crippen LogP contribution in [-0.2, 0) is 12.6 Å². The third-order valence-corrected chi connectivity index (χ3v) is 2.50. The number of rotatable bonds is 4. The third kappa shape index (κ3) is 3.72. The second-order valence-electron chi connectivity index (χ2n) is 4.69. The highest BCUT2D eigenvalue weighted by Gasteiger charge is 2.30. The predicted octanol–water partition coefficient (Wildman–Crippen LogP) is 3.50. The maximum Gasteiger partial charge on any atom is 0.416 e. The molecule has 1 heterocycles. The lowest BCUT2D eigenvalue weighted by Crippen LogP contribution is -2.09. The lowest BCUT2D eigenvalue weighted by molar-refractivity contribution is -0.137. The molecule has 1 aromatic heterocycles. The SMILES string of the molecule is CC(C)Nc1nc(Cc2cccc(C(F)(F)F)c2)no1. The third-order valence-electron chi connectivity index (χ3n) is 2.50. The minimum atomic E-state index is -4.35. The molecule has 0 bridgehead atoms. The fourth-order valence-electron chi connectivity index (χ4n) is 1.67. The zero-order valence-electron chi connectivity index (χ0n) is 11.0. The number of hydrogen-bond acceptors (Lipinski definition) is 4. The Hall–Kier alpha value is -2.05. The van der Waals surface area contributed by atoms with Gasteiger partial charge in [0.25, 0.3) is 0 Å². The van der Waals surface area contributed by atoms with Gasteiger partial charge in [0.2, 0.25) is 0 Å². The van der Waals surface area contributed by atoms with E-state index in [1.54, 1.807) is 6.07 Å². The van der Waals surface area contributed by atoms with Crippen LogP contribution in [0.3, 0.4) is 0 Å². The molecule has 2 rings (SSSR count). The van der Waals surface area contributed by atoms with Crippen molar-refractivity contribution in [3.63, 3.8) is 0 Å². The van der Waals surface area contributed by atoms with Gasteiger partial charge in [-0.25, -0.2) is 0 Å². The Bertz CT molecular complexity index is 578. The van der Waals surface area contributed by atoms with Crippen LogP contribution in [0.25, 0.3) is 0 Å². The minimum absolute atomic E-state index is 0.136. The van der Waals surface area contributed by atoms with Gasteiger partial charge >= 0.3 is 12.2 Å². The van der Waals surface area contributed by atoms with Crippen molar-refractivity contribution in [1.29, 1.82) is 0 Å². The monoisotopic (exact) mass is 285 g/mol. The molecule has 7 heteroatoms. The largest absolute Gasteiger partial charge is 0.416 e. The lowest BCUT2D eigenvalue weighted by Gasteiger charge is -2.07. The van der Waals surface area contributed by atoms with Gasteiger partial charge in [-0.3, -0.25) is 0 Å². The van der Waals surface area contributed by atoms with Crippen molar-refractivity contribution in [2.24, 2.45) is 0 Å². The molecule has 0 unspecified atom stereocenters. The van der Waals surface area contributed by atoms with Gasteiger partial charge in [-0.1, -0.05) is 23.4 Å². The maximum absolute atomic E-state index is 12.6. The van der Waals surface area contributed by atoms with Crippen LogP contribution in [0.1, 0.15) is 30.8 Å². The number of aromatic nitrogens is 2. The summed E-state index contributed by atoms with van der Waals surface area (Å²) in [6.45, 7) is 3.83. The van der Waals surface area contributed by atoms with Crippen molar-refractivity contribution < 1.29 is 17.7 Å². The van der Waals surface area contributed by atoms with Gasteiger partial charge in [-0.2, -0.15) is 18.2 Å². The van der Waals surface area contributed by atoms with Gasteiger partial charge in [-0.05, 0) is 25.5 Å². The van der Waals surface area contributed by atoms with Crippen LogP contribution in [0.4, 0.5) is 19.2 Å². The first-order chi connectivity index (χ1) is 9.34. The van der Waals surface area contributed by atoms with E-state index in [2.05, 4.69) is 15.5 Å². The average Bonchev–Trinajstić information content (AvgIpc) is 2.75. The van der Waals surface area contributed by atoms with E-state index >= 15 is 0 Å². The molecule has 0 spiro atoms. The van der Waals surface area contributed by atoms with E-state index in [9.17, 15) is 13.2 Å². The standard InChI is InChI=1S/C13H14F3N3O/c1-8(2)17-12-18-11(19-20-12)7-9-4-3-5-10(6-9)13(14,15)16/h3-6,8H,7H2,1-2H3,(H,17,18,19). The molecule has 0 aliphatic carbocycles. The van der Waals surface area contributed by atoms with Crippen LogP contribution in [0.2, 0.25) is 0 Å². The molecule has 1 aromatic carbocycles. The van der Waals surface area contributed by atoms with Crippen molar-refractivity contribution in [1.82, 2.24) is 10.1 Å². The Balaban J connectivity index is 2.12. The quantitative estimate of drug-likeness (QED) is 0.934. The molecule has 1 N–H and O–H groups in total. The summed E-state index contributed by atoms with van der Waals surface area (Å²) in [5.41, 5.74) is -0.198.